The van der Waals surface area contributed by atoms with Crippen molar-refractivity contribution in [2.75, 3.05) is 22.6 Å². The van der Waals surface area contributed by atoms with E-state index >= 15 is 0 Å². The van der Waals surface area contributed by atoms with Crippen molar-refractivity contribution in [1.29, 1.82) is 0 Å². The fourth-order valence-electron chi connectivity index (χ4n) is 4.35. The average molecular weight is 679 g/mol. The minimum absolute atomic E-state index is 0.0101. The highest BCUT2D eigenvalue weighted by Gasteiger charge is 2.34. The maximum Gasteiger partial charge on any atom is 0.573 e. The number of anilines is 2. The Morgan fingerprint density at radius 2 is 1.72 bits per heavy atom. The highest BCUT2D eigenvalue weighted by Crippen LogP contribution is 2.36. The maximum absolute atomic E-state index is 12.8. The Morgan fingerprint density at radius 1 is 1.00 bits per heavy atom. The molecule has 246 valence electrons. The number of aryl methyl sites for hydroxylation is 3. The van der Waals surface area contributed by atoms with E-state index in [0.29, 0.717) is 35.6 Å². The Hall–Kier alpha value is -5.06. The fraction of sp³-hybridized carbons (Fsp3) is 0.233. The molecule has 1 aliphatic rings. The number of aliphatic imine (C=N–C) groups is 1. The van der Waals surface area contributed by atoms with E-state index in [4.69, 9.17) is 4.74 Å². The Balaban J connectivity index is 1.18. The number of ether oxygens (including phenoxy) is 2. The third-order valence-corrected chi connectivity index (χ3v) is 7.35. The van der Waals surface area contributed by atoms with Crippen LogP contribution in [0.25, 0.3) is 5.69 Å². The van der Waals surface area contributed by atoms with Crippen LogP contribution in [0.1, 0.15) is 17.0 Å². The van der Waals surface area contributed by atoms with Gasteiger partial charge in [0.15, 0.2) is 17.6 Å². The predicted octanol–water partition coefficient (Wildman–Crippen LogP) is 6.87. The van der Waals surface area contributed by atoms with Crippen LogP contribution in [0.15, 0.2) is 78.0 Å². The lowest BCUT2D eigenvalue weighted by Crippen LogP contribution is -2.31. The van der Waals surface area contributed by atoms with E-state index in [-0.39, 0.29) is 28.1 Å². The number of nitrogens with zero attached hydrogens (tertiary/aromatic N) is 5. The number of aromatic nitrogens is 3. The summed E-state index contributed by atoms with van der Waals surface area (Å²) >= 11 is 0.968. The number of carbonyl (C=O) groups excluding carboxylic acids is 2. The van der Waals surface area contributed by atoms with E-state index in [2.05, 4.69) is 25.1 Å². The first kappa shape index (κ1) is 33.3. The molecule has 10 nitrogen and oxygen atoms in total. The quantitative estimate of drug-likeness (QED) is 0.193. The lowest BCUT2D eigenvalue weighted by molar-refractivity contribution is -0.274. The number of carbonyl (C=O) groups is 2. The number of benzene rings is 3. The van der Waals surface area contributed by atoms with E-state index in [0.717, 1.165) is 22.2 Å². The van der Waals surface area contributed by atoms with Crippen molar-refractivity contribution in [3.8, 4) is 17.2 Å². The number of amidine groups is 1. The van der Waals surface area contributed by atoms with Crippen molar-refractivity contribution < 1.29 is 45.4 Å². The molecule has 1 saturated heterocycles. The molecule has 2 heterocycles. The van der Waals surface area contributed by atoms with Crippen LogP contribution in [0.2, 0.25) is 0 Å². The predicted molar refractivity (Wildman–Crippen MR) is 161 cm³/mol. The van der Waals surface area contributed by atoms with Crippen LogP contribution in [0.4, 0.5) is 42.5 Å². The van der Waals surface area contributed by atoms with Crippen LogP contribution in [-0.2, 0) is 17.6 Å². The van der Waals surface area contributed by atoms with Gasteiger partial charge in [0, 0.05) is 12.1 Å². The summed E-state index contributed by atoms with van der Waals surface area (Å²) in [6.07, 6.45) is -6.93. The lowest BCUT2D eigenvalue weighted by Gasteiger charge is -2.21. The molecule has 1 fully saturated rings. The molecule has 5 rings (SSSR count). The SMILES string of the molecule is Cc1ccc(OCC(F)(F)F)c(N2C(=O)CSC2=NC(=O)Nc2ccc(CCc3ncn(-c4ccc(OC(F)(F)F)cc4)n3)cc2)c1. The highest BCUT2D eigenvalue weighted by atomic mass is 32.2. The van der Waals surface area contributed by atoms with Crippen molar-refractivity contribution in [3.63, 3.8) is 0 Å². The van der Waals surface area contributed by atoms with E-state index in [1.165, 1.54) is 47.4 Å². The van der Waals surface area contributed by atoms with Crippen LogP contribution in [0.3, 0.4) is 0 Å². The second kappa shape index (κ2) is 13.7. The van der Waals surface area contributed by atoms with Gasteiger partial charge in [-0.2, -0.15) is 23.3 Å². The van der Waals surface area contributed by atoms with E-state index < -0.39 is 31.1 Å². The molecule has 0 spiro atoms. The lowest BCUT2D eigenvalue weighted by atomic mass is 10.1. The third kappa shape index (κ3) is 9.25. The number of halogens is 6. The number of rotatable bonds is 9. The molecule has 0 bridgehead atoms. The molecule has 1 N–H and O–H groups in total. The number of nitrogens with one attached hydrogen (secondary N) is 1. The van der Waals surface area contributed by atoms with Gasteiger partial charge in [0.25, 0.3) is 0 Å². The summed E-state index contributed by atoms with van der Waals surface area (Å²) in [5, 5.41) is 6.95. The zero-order chi connectivity index (χ0) is 33.8. The van der Waals surface area contributed by atoms with Gasteiger partial charge in [0.2, 0.25) is 5.91 Å². The summed E-state index contributed by atoms with van der Waals surface area (Å²) in [5.74, 6) is -0.562. The number of hydrogen-bond acceptors (Lipinski definition) is 7. The summed E-state index contributed by atoms with van der Waals surface area (Å²) < 4.78 is 85.7. The van der Waals surface area contributed by atoms with E-state index in [1.54, 1.807) is 37.3 Å². The molecule has 3 aromatic carbocycles. The number of amides is 3. The maximum atomic E-state index is 12.8. The molecule has 17 heteroatoms. The molecule has 1 aliphatic heterocycles. The van der Waals surface area contributed by atoms with Crippen LogP contribution < -0.4 is 19.7 Å². The molecule has 0 radical (unpaired) electrons. The van der Waals surface area contributed by atoms with Crippen molar-refractivity contribution >= 4 is 40.2 Å². The standard InChI is InChI=1S/C30H24F6N6O4S/c1-18-2-12-24(45-16-29(31,32)33)23(14-18)42-26(43)15-47-28(42)39-27(44)38-20-6-3-19(4-7-20)5-13-25-37-17-41(40-25)21-8-10-22(11-9-21)46-30(34,35)36/h2-4,6-12,14,17H,5,13,15-16H2,1H3,(H,38,44). The zero-order valence-corrected chi connectivity index (χ0v) is 25.1. The molecular formula is C30H24F6N6O4S. The van der Waals surface area contributed by atoms with E-state index in [1.807, 2.05) is 0 Å². The Morgan fingerprint density at radius 3 is 2.40 bits per heavy atom. The first-order valence-electron chi connectivity index (χ1n) is 13.7. The van der Waals surface area contributed by atoms with Gasteiger partial charge in [-0.3, -0.25) is 9.69 Å². The van der Waals surface area contributed by atoms with Crippen molar-refractivity contribution in [3.05, 3.63) is 90.0 Å². The van der Waals surface area contributed by atoms with Gasteiger partial charge in [-0.1, -0.05) is 30.0 Å². The van der Waals surface area contributed by atoms with Crippen molar-refractivity contribution in [1.82, 2.24) is 14.8 Å². The van der Waals surface area contributed by atoms with Gasteiger partial charge in [-0.05, 0) is 73.0 Å². The van der Waals surface area contributed by atoms with Crippen LogP contribution in [0, 0.1) is 6.92 Å². The molecule has 0 aliphatic carbocycles. The van der Waals surface area contributed by atoms with Crippen LogP contribution in [-0.4, -0.2) is 56.8 Å². The van der Waals surface area contributed by atoms with Gasteiger partial charge >= 0.3 is 18.6 Å². The number of alkyl halides is 6. The molecule has 47 heavy (non-hydrogen) atoms. The first-order chi connectivity index (χ1) is 22.2. The summed E-state index contributed by atoms with van der Waals surface area (Å²) in [4.78, 5) is 34.7. The summed E-state index contributed by atoms with van der Waals surface area (Å²) in [7, 11) is 0. The van der Waals surface area contributed by atoms with Crippen molar-refractivity contribution in [2.45, 2.75) is 32.3 Å². The van der Waals surface area contributed by atoms with Gasteiger partial charge in [0.05, 0.1) is 17.1 Å². The largest absolute Gasteiger partial charge is 0.573 e. The second-order valence-corrected chi connectivity index (χ2v) is 11.0. The van der Waals surface area contributed by atoms with Gasteiger partial charge in [-0.25, -0.2) is 14.5 Å². The molecule has 1 aromatic heterocycles. The average Bonchev–Trinajstić information content (AvgIpc) is 3.61. The van der Waals surface area contributed by atoms with Crippen LogP contribution in [0.5, 0.6) is 11.5 Å². The number of hydrogen-bond donors (Lipinski definition) is 1. The number of thioether (sulfide) groups is 1. The normalized spacial score (nSPS) is 14.5. The summed E-state index contributed by atoms with van der Waals surface area (Å²) in [6.45, 7) is 0.145. The Kier molecular flexibility index (Phi) is 9.74. The third-order valence-electron chi connectivity index (χ3n) is 6.43. The minimum Gasteiger partial charge on any atom is -0.482 e. The molecular weight excluding hydrogens is 654 g/mol. The van der Waals surface area contributed by atoms with Gasteiger partial charge in [-0.15, -0.1) is 13.2 Å². The topological polar surface area (TPSA) is 111 Å². The van der Waals surface area contributed by atoms with Crippen LogP contribution >= 0.6 is 11.8 Å². The number of urea groups is 1. The first-order valence-corrected chi connectivity index (χ1v) is 14.7. The Bertz CT molecular complexity index is 1780. The molecule has 4 aromatic rings. The molecule has 0 saturated carbocycles. The summed E-state index contributed by atoms with van der Waals surface area (Å²) in [5.41, 5.74) is 2.51. The summed E-state index contributed by atoms with van der Waals surface area (Å²) in [6, 6.07) is 15.6. The zero-order valence-electron chi connectivity index (χ0n) is 24.3. The molecule has 0 unspecified atom stereocenters. The van der Waals surface area contributed by atoms with Crippen molar-refractivity contribution in [2.24, 2.45) is 4.99 Å². The molecule has 0 atom stereocenters. The minimum atomic E-state index is -4.78. The molecule has 3 amide bonds. The fourth-order valence-corrected chi connectivity index (χ4v) is 5.21. The van der Waals surface area contributed by atoms with E-state index in [9.17, 15) is 35.9 Å². The van der Waals surface area contributed by atoms with Gasteiger partial charge < -0.3 is 14.8 Å². The smallest absolute Gasteiger partial charge is 0.482 e. The van der Waals surface area contributed by atoms with Gasteiger partial charge in [0.1, 0.15) is 17.8 Å². The monoisotopic (exact) mass is 678 g/mol. The Labute approximate surface area is 267 Å². The highest BCUT2D eigenvalue weighted by molar-refractivity contribution is 8.15. The second-order valence-electron chi connectivity index (χ2n) is 10.1.